The Labute approximate surface area is 131 Å². The van der Waals surface area contributed by atoms with Gasteiger partial charge in [-0.1, -0.05) is 0 Å². The maximum atomic E-state index is 12.7. The average molecular weight is 402 g/mol. The normalized spacial score (nSPS) is 13.7. The molecule has 0 amide bonds. The minimum absolute atomic E-state index is 0.205. The minimum Gasteiger partial charge on any atom is -0.497 e. The first-order valence-corrected chi connectivity index (χ1v) is 8.46. The van der Waals surface area contributed by atoms with E-state index in [0.717, 1.165) is 7.11 Å². The molecule has 0 radical (unpaired) electrons. The molecule has 1 aromatic carbocycles. The molecular weight excluding hydrogens is 394 g/mol. The maximum absolute atomic E-state index is 12.7. The minimum atomic E-state index is -6.22. The van der Waals surface area contributed by atoms with E-state index in [1.165, 1.54) is 0 Å². The Bertz CT molecular complexity index is 773. The van der Waals surface area contributed by atoms with Gasteiger partial charge in [0.05, 0.1) is 14.2 Å². The van der Waals surface area contributed by atoms with Gasteiger partial charge in [-0.2, -0.15) is 26.3 Å². The predicted molar refractivity (Wildman–Crippen MR) is 66.0 cm³/mol. The van der Waals surface area contributed by atoms with Crippen LogP contribution in [0.25, 0.3) is 0 Å². The molecule has 0 bridgehead atoms. The summed E-state index contributed by atoms with van der Waals surface area (Å²) in [4.78, 5) is -3.64. The zero-order valence-corrected chi connectivity index (χ0v) is 13.3. The summed E-state index contributed by atoms with van der Waals surface area (Å²) >= 11 is 0. The van der Waals surface area contributed by atoms with Crippen molar-refractivity contribution in [1.82, 2.24) is 0 Å². The van der Waals surface area contributed by atoms with Crippen LogP contribution in [0.15, 0.2) is 21.9 Å². The van der Waals surface area contributed by atoms with Gasteiger partial charge in [0.2, 0.25) is 0 Å². The smallest absolute Gasteiger partial charge is 0.497 e. The molecule has 0 heterocycles. The summed E-state index contributed by atoms with van der Waals surface area (Å²) in [5.74, 6) is -2.48. The second kappa shape index (κ2) is 5.98. The Kier molecular flexibility index (Phi) is 5.07. The van der Waals surface area contributed by atoms with Gasteiger partial charge in [-0.05, 0) is 0 Å². The highest BCUT2D eigenvalue weighted by atomic mass is 32.2. The second-order valence-electron chi connectivity index (χ2n) is 4.06. The molecule has 0 saturated heterocycles. The quantitative estimate of drug-likeness (QED) is 0.719. The van der Waals surface area contributed by atoms with Crippen molar-refractivity contribution >= 4 is 19.7 Å². The van der Waals surface area contributed by atoms with Crippen LogP contribution < -0.4 is 9.47 Å². The van der Waals surface area contributed by atoms with Crippen LogP contribution in [0.3, 0.4) is 0 Å². The van der Waals surface area contributed by atoms with E-state index in [-0.39, 0.29) is 12.1 Å². The number of ether oxygens (including phenoxy) is 2. The molecule has 1 rings (SSSR count). The van der Waals surface area contributed by atoms with Crippen molar-refractivity contribution in [3.05, 3.63) is 12.1 Å². The van der Waals surface area contributed by atoms with Crippen molar-refractivity contribution in [2.24, 2.45) is 0 Å². The molecule has 1 aromatic rings. The molecule has 0 aliphatic carbocycles. The standard InChI is InChI=1S/C10H8F6O6S2/c1-21-5-3-6(23(17,18)9(11,12)13)8(22-2)7(4-5)24(19,20)10(14,15)16/h3-4H,1-2H3. The summed E-state index contributed by atoms with van der Waals surface area (Å²) in [5.41, 5.74) is -11.8. The monoisotopic (exact) mass is 402 g/mol. The second-order valence-corrected chi connectivity index (χ2v) is 7.87. The van der Waals surface area contributed by atoms with Crippen LogP contribution in [-0.2, 0) is 19.7 Å². The third kappa shape index (κ3) is 3.24. The van der Waals surface area contributed by atoms with Gasteiger partial charge in [0.1, 0.15) is 15.5 Å². The predicted octanol–water partition coefficient (Wildman–Crippen LogP) is 2.29. The molecule has 0 unspecified atom stereocenters. The molecule has 0 aromatic heterocycles. The lowest BCUT2D eigenvalue weighted by molar-refractivity contribution is -0.0438. The molecule has 14 heteroatoms. The SMILES string of the molecule is COc1cc(S(=O)(=O)C(F)(F)F)c(OC)c(S(=O)(=O)C(F)(F)F)c1. The Hall–Kier alpha value is -1.70. The first kappa shape index (κ1) is 20.3. The van der Waals surface area contributed by atoms with Crippen LogP contribution in [-0.4, -0.2) is 42.1 Å². The number of halogens is 6. The Balaban J connectivity index is 4.01. The number of hydrogen-bond acceptors (Lipinski definition) is 6. The van der Waals surface area contributed by atoms with Crippen LogP contribution >= 0.6 is 0 Å². The van der Waals surface area contributed by atoms with Gasteiger partial charge in [-0.25, -0.2) is 16.8 Å². The molecule has 0 atom stereocenters. The van der Waals surface area contributed by atoms with Crippen LogP contribution in [0.1, 0.15) is 0 Å². The number of alkyl halides is 6. The fraction of sp³-hybridized carbons (Fsp3) is 0.400. The zero-order chi connectivity index (χ0) is 19.1. The summed E-state index contributed by atoms with van der Waals surface area (Å²) < 4.78 is 131. The molecule has 0 N–H and O–H groups in total. The molecule has 0 spiro atoms. The van der Waals surface area contributed by atoms with Crippen molar-refractivity contribution in [1.29, 1.82) is 0 Å². The lowest BCUT2D eigenvalue weighted by Crippen LogP contribution is -2.27. The van der Waals surface area contributed by atoms with E-state index in [9.17, 15) is 43.2 Å². The zero-order valence-electron chi connectivity index (χ0n) is 11.7. The lowest BCUT2D eigenvalue weighted by atomic mass is 10.3. The summed E-state index contributed by atoms with van der Waals surface area (Å²) in [6, 6.07) is 0.411. The number of benzene rings is 1. The Morgan fingerprint density at radius 1 is 0.750 bits per heavy atom. The molecule has 0 aliphatic rings. The number of methoxy groups -OCH3 is 2. The fourth-order valence-electron chi connectivity index (χ4n) is 1.52. The van der Waals surface area contributed by atoms with E-state index in [1.54, 1.807) is 0 Å². The third-order valence-electron chi connectivity index (χ3n) is 2.62. The number of rotatable bonds is 4. The fourth-order valence-corrected chi connectivity index (χ4v) is 3.50. The lowest BCUT2D eigenvalue weighted by Gasteiger charge is -2.17. The molecular formula is C10H8F6O6S2. The van der Waals surface area contributed by atoms with E-state index in [4.69, 9.17) is 0 Å². The van der Waals surface area contributed by atoms with Crippen molar-refractivity contribution in [2.75, 3.05) is 14.2 Å². The van der Waals surface area contributed by atoms with E-state index >= 15 is 0 Å². The summed E-state index contributed by atoms with van der Waals surface area (Å²) in [6.07, 6.45) is 0. The van der Waals surface area contributed by atoms with Gasteiger partial charge < -0.3 is 9.47 Å². The van der Waals surface area contributed by atoms with Crippen molar-refractivity contribution in [3.8, 4) is 11.5 Å². The van der Waals surface area contributed by atoms with Crippen molar-refractivity contribution in [3.63, 3.8) is 0 Å². The summed E-state index contributed by atoms with van der Waals surface area (Å²) in [6.45, 7) is 0. The first-order chi connectivity index (χ1) is 10.6. The van der Waals surface area contributed by atoms with Gasteiger partial charge in [0.15, 0.2) is 5.75 Å². The highest BCUT2D eigenvalue weighted by Crippen LogP contribution is 2.44. The molecule has 6 nitrogen and oxygen atoms in total. The third-order valence-corrected chi connectivity index (χ3v) is 5.61. The van der Waals surface area contributed by atoms with Crippen molar-refractivity contribution in [2.45, 2.75) is 20.8 Å². The van der Waals surface area contributed by atoms with Crippen LogP contribution in [0.5, 0.6) is 11.5 Å². The van der Waals surface area contributed by atoms with Gasteiger partial charge >= 0.3 is 11.0 Å². The summed E-state index contributed by atoms with van der Waals surface area (Å²) in [5, 5.41) is 0. The van der Waals surface area contributed by atoms with Crippen molar-refractivity contribution < 1.29 is 52.7 Å². The van der Waals surface area contributed by atoms with E-state index < -0.39 is 52.0 Å². The van der Waals surface area contributed by atoms with Gasteiger partial charge in [0.25, 0.3) is 19.7 Å². The highest BCUT2D eigenvalue weighted by Gasteiger charge is 2.53. The van der Waals surface area contributed by atoms with Gasteiger partial charge in [-0.15, -0.1) is 0 Å². The van der Waals surface area contributed by atoms with E-state index in [2.05, 4.69) is 9.47 Å². The molecule has 24 heavy (non-hydrogen) atoms. The van der Waals surface area contributed by atoms with Gasteiger partial charge in [0, 0.05) is 12.1 Å². The largest absolute Gasteiger partial charge is 0.502 e. The molecule has 0 fully saturated rings. The Morgan fingerprint density at radius 2 is 1.08 bits per heavy atom. The van der Waals surface area contributed by atoms with Crippen LogP contribution in [0.2, 0.25) is 0 Å². The average Bonchev–Trinajstić information content (AvgIpc) is 2.43. The van der Waals surface area contributed by atoms with E-state index in [1.807, 2.05) is 0 Å². The molecule has 138 valence electrons. The number of hydrogen-bond donors (Lipinski definition) is 0. The van der Waals surface area contributed by atoms with Gasteiger partial charge in [-0.3, -0.25) is 0 Å². The Morgan fingerprint density at radius 3 is 1.29 bits per heavy atom. The topological polar surface area (TPSA) is 86.7 Å². The maximum Gasteiger partial charge on any atom is 0.502 e. The van der Waals surface area contributed by atoms with Crippen LogP contribution in [0, 0.1) is 0 Å². The molecule has 0 saturated carbocycles. The first-order valence-electron chi connectivity index (χ1n) is 5.50. The number of sulfone groups is 2. The highest BCUT2D eigenvalue weighted by molar-refractivity contribution is 7.93. The van der Waals surface area contributed by atoms with Crippen LogP contribution in [0.4, 0.5) is 26.3 Å². The summed E-state index contributed by atoms with van der Waals surface area (Å²) in [7, 11) is -11.1. The van der Waals surface area contributed by atoms with E-state index in [0.29, 0.717) is 7.11 Å². The molecule has 0 aliphatic heterocycles.